The largest absolute Gasteiger partial charge is 0.490 e. The van der Waals surface area contributed by atoms with Crippen molar-refractivity contribution in [3.05, 3.63) is 107 Å². The number of urea groups is 1. The summed E-state index contributed by atoms with van der Waals surface area (Å²) in [5.41, 5.74) is 3.00. The van der Waals surface area contributed by atoms with Gasteiger partial charge in [-0.05, 0) is 54.8 Å². The molecule has 0 aliphatic carbocycles. The van der Waals surface area contributed by atoms with Gasteiger partial charge in [-0.1, -0.05) is 48.5 Å². The number of allylic oxidation sites excluding steroid dienone is 1. The molecule has 0 bridgehead atoms. The number of halogens is 1. The van der Waals surface area contributed by atoms with Crippen molar-refractivity contribution in [2.75, 3.05) is 6.61 Å². The number of benzene rings is 3. The maximum atomic E-state index is 13.2. The fourth-order valence-corrected chi connectivity index (χ4v) is 3.85. The van der Waals surface area contributed by atoms with Gasteiger partial charge in [0.05, 0.1) is 18.2 Å². The Morgan fingerprint density at radius 3 is 2.36 bits per heavy atom. The molecule has 3 aromatic carbocycles. The van der Waals surface area contributed by atoms with Crippen LogP contribution in [0.4, 0.5) is 9.18 Å². The number of amides is 2. The van der Waals surface area contributed by atoms with Gasteiger partial charge in [-0.3, -0.25) is 0 Å². The summed E-state index contributed by atoms with van der Waals surface area (Å²) in [6, 6.07) is 19.5. The highest BCUT2D eigenvalue weighted by atomic mass is 19.1. The Balaban J connectivity index is 1.56. The summed E-state index contributed by atoms with van der Waals surface area (Å²) < 4.78 is 30.4. The SMILES string of the molecule is CCOc1cc(C2NC(=O)NC(C)=C2C(=O)OCc2ccccc2)ccc1OCc1ccc(F)cc1. The molecule has 0 spiro atoms. The smallest absolute Gasteiger partial charge is 0.338 e. The summed E-state index contributed by atoms with van der Waals surface area (Å²) >= 11 is 0. The zero-order valence-corrected chi connectivity index (χ0v) is 20.0. The molecule has 1 heterocycles. The van der Waals surface area contributed by atoms with Crippen LogP contribution < -0.4 is 20.1 Å². The molecule has 4 rings (SSSR count). The lowest BCUT2D eigenvalue weighted by molar-refractivity contribution is -0.140. The molecular weight excluding hydrogens is 463 g/mol. The molecule has 1 aliphatic heterocycles. The maximum absolute atomic E-state index is 13.2. The molecule has 186 valence electrons. The summed E-state index contributed by atoms with van der Waals surface area (Å²) in [6.45, 7) is 4.22. The van der Waals surface area contributed by atoms with Crippen LogP contribution in [0.3, 0.4) is 0 Å². The van der Waals surface area contributed by atoms with Crippen molar-refractivity contribution in [2.45, 2.75) is 33.1 Å². The monoisotopic (exact) mass is 490 g/mol. The number of esters is 1. The molecule has 0 radical (unpaired) electrons. The van der Waals surface area contributed by atoms with Crippen molar-refractivity contribution in [1.29, 1.82) is 0 Å². The molecule has 2 amide bonds. The first kappa shape index (κ1) is 24.8. The van der Waals surface area contributed by atoms with Gasteiger partial charge >= 0.3 is 12.0 Å². The van der Waals surface area contributed by atoms with Crippen LogP contribution in [0.2, 0.25) is 0 Å². The molecule has 0 saturated carbocycles. The van der Waals surface area contributed by atoms with E-state index < -0.39 is 18.0 Å². The van der Waals surface area contributed by atoms with Gasteiger partial charge in [-0.2, -0.15) is 0 Å². The topological polar surface area (TPSA) is 85.9 Å². The van der Waals surface area contributed by atoms with E-state index in [2.05, 4.69) is 10.6 Å². The zero-order valence-electron chi connectivity index (χ0n) is 20.0. The van der Waals surface area contributed by atoms with Crippen LogP contribution in [0.1, 0.15) is 36.6 Å². The van der Waals surface area contributed by atoms with Crippen LogP contribution in [-0.2, 0) is 22.7 Å². The predicted octanol–water partition coefficient (Wildman–Crippen LogP) is 5.17. The molecule has 1 aliphatic rings. The van der Waals surface area contributed by atoms with Gasteiger partial charge in [-0.25, -0.2) is 14.0 Å². The van der Waals surface area contributed by atoms with Crippen LogP contribution in [0.15, 0.2) is 84.1 Å². The molecule has 0 saturated heterocycles. The molecule has 1 unspecified atom stereocenters. The van der Waals surface area contributed by atoms with Crippen LogP contribution in [0.5, 0.6) is 11.5 Å². The van der Waals surface area contributed by atoms with Crippen LogP contribution in [0, 0.1) is 5.82 Å². The van der Waals surface area contributed by atoms with E-state index >= 15 is 0 Å². The van der Waals surface area contributed by atoms with E-state index in [9.17, 15) is 14.0 Å². The summed E-state index contributed by atoms with van der Waals surface area (Å²) in [5, 5.41) is 5.45. The van der Waals surface area contributed by atoms with E-state index in [1.54, 1.807) is 37.3 Å². The van der Waals surface area contributed by atoms with Crippen molar-refractivity contribution in [2.24, 2.45) is 0 Å². The molecule has 0 aromatic heterocycles. The average molecular weight is 491 g/mol. The van der Waals surface area contributed by atoms with Crippen LogP contribution in [-0.4, -0.2) is 18.6 Å². The minimum absolute atomic E-state index is 0.109. The number of carbonyl (C=O) groups excluding carboxylic acids is 2. The quantitative estimate of drug-likeness (QED) is 0.404. The molecule has 1 atom stereocenters. The first-order valence-electron chi connectivity index (χ1n) is 11.6. The highest BCUT2D eigenvalue weighted by molar-refractivity contribution is 5.95. The van der Waals surface area contributed by atoms with E-state index in [0.717, 1.165) is 11.1 Å². The summed E-state index contributed by atoms with van der Waals surface area (Å²) in [6.07, 6.45) is 0. The van der Waals surface area contributed by atoms with Gasteiger partial charge in [-0.15, -0.1) is 0 Å². The lowest BCUT2D eigenvalue weighted by Gasteiger charge is -2.28. The van der Waals surface area contributed by atoms with Gasteiger partial charge in [0.1, 0.15) is 19.0 Å². The Labute approximate surface area is 208 Å². The Hall–Kier alpha value is -4.33. The number of carbonyl (C=O) groups is 2. The highest BCUT2D eigenvalue weighted by Gasteiger charge is 2.33. The fourth-order valence-electron chi connectivity index (χ4n) is 3.85. The number of hydrogen-bond acceptors (Lipinski definition) is 5. The van der Waals surface area contributed by atoms with Crippen molar-refractivity contribution < 1.29 is 28.2 Å². The molecule has 7 nitrogen and oxygen atoms in total. The third-order valence-corrected chi connectivity index (χ3v) is 5.61. The second kappa shape index (κ2) is 11.4. The zero-order chi connectivity index (χ0) is 25.5. The number of rotatable bonds is 9. The van der Waals surface area contributed by atoms with E-state index in [0.29, 0.717) is 34.9 Å². The van der Waals surface area contributed by atoms with Crippen LogP contribution in [0.25, 0.3) is 0 Å². The molecule has 3 aromatic rings. The summed E-state index contributed by atoms with van der Waals surface area (Å²) in [7, 11) is 0. The Kier molecular flexibility index (Phi) is 7.85. The van der Waals surface area contributed by atoms with Gasteiger partial charge in [0, 0.05) is 5.70 Å². The lowest BCUT2D eigenvalue weighted by atomic mass is 9.95. The Morgan fingerprint density at radius 1 is 0.917 bits per heavy atom. The van der Waals surface area contributed by atoms with Gasteiger partial charge in [0.15, 0.2) is 11.5 Å². The standard InChI is InChI=1S/C28H27FN2O5/c1-3-34-24-15-21(11-14-23(24)35-16-20-9-12-22(29)13-10-20)26-25(18(2)30-28(33)31-26)27(32)36-17-19-7-5-4-6-8-19/h4-15,26H,3,16-17H2,1-2H3,(H2,30,31,33). The lowest BCUT2D eigenvalue weighted by Crippen LogP contribution is -2.45. The van der Waals surface area contributed by atoms with Gasteiger partial charge in [0.2, 0.25) is 0 Å². The van der Waals surface area contributed by atoms with Crippen molar-refractivity contribution in [3.63, 3.8) is 0 Å². The normalized spacial score (nSPS) is 15.1. The second-order valence-corrected chi connectivity index (χ2v) is 8.19. The number of nitrogens with one attached hydrogen (secondary N) is 2. The third kappa shape index (κ3) is 6.02. The van der Waals surface area contributed by atoms with E-state index in [4.69, 9.17) is 14.2 Å². The molecule has 8 heteroatoms. The van der Waals surface area contributed by atoms with Crippen molar-refractivity contribution >= 4 is 12.0 Å². The minimum Gasteiger partial charge on any atom is -0.490 e. The average Bonchev–Trinajstić information content (AvgIpc) is 2.88. The molecule has 36 heavy (non-hydrogen) atoms. The second-order valence-electron chi connectivity index (χ2n) is 8.19. The van der Waals surface area contributed by atoms with E-state index in [1.807, 2.05) is 37.3 Å². The Bertz CT molecular complexity index is 1260. The maximum Gasteiger partial charge on any atom is 0.338 e. The molecular formula is C28H27FN2O5. The molecule has 0 fully saturated rings. The molecule has 2 N–H and O–H groups in total. The Morgan fingerprint density at radius 2 is 1.64 bits per heavy atom. The van der Waals surface area contributed by atoms with Crippen molar-refractivity contribution in [3.8, 4) is 11.5 Å². The van der Waals surface area contributed by atoms with E-state index in [-0.39, 0.29) is 19.0 Å². The summed E-state index contributed by atoms with van der Waals surface area (Å²) in [4.78, 5) is 25.4. The van der Waals surface area contributed by atoms with Crippen molar-refractivity contribution in [1.82, 2.24) is 10.6 Å². The first-order chi connectivity index (χ1) is 17.4. The van der Waals surface area contributed by atoms with E-state index in [1.165, 1.54) is 12.1 Å². The summed E-state index contributed by atoms with van der Waals surface area (Å²) in [5.74, 6) is 0.0886. The third-order valence-electron chi connectivity index (χ3n) is 5.61. The first-order valence-corrected chi connectivity index (χ1v) is 11.6. The number of hydrogen-bond donors (Lipinski definition) is 2. The van der Waals surface area contributed by atoms with Crippen LogP contribution >= 0.6 is 0 Å². The van der Waals surface area contributed by atoms with Gasteiger partial charge < -0.3 is 24.8 Å². The minimum atomic E-state index is -0.743. The number of ether oxygens (including phenoxy) is 3. The van der Waals surface area contributed by atoms with Gasteiger partial charge in [0.25, 0.3) is 0 Å². The fraction of sp³-hybridized carbons (Fsp3) is 0.214. The predicted molar refractivity (Wildman–Crippen MR) is 132 cm³/mol. The highest BCUT2D eigenvalue weighted by Crippen LogP contribution is 2.35.